The molecule has 0 aliphatic carbocycles. The molecule has 0 saturated heterocycles. The zero-order valence-electron chi connectivity index (χ0n) is 12.7. The molecule has 0 spiro atoms. The Morgan fingerprint density at radius 1 is 1.14 bits per heavy atom. The molecule has 0 aliphatic heterocycles. The Bertz CT molecular complexity index is 513. The van der Waals surface area contributed by atoms with Gasteiger partial charge in [0.1, 0.15) is 6.61 Å². The quantitative estimate of drug-likeness (QED) is 0.702. The topological polar surface area (TPSA) is 30.5 Å². The Labute approximate surface area is 130 Å². The van der Waals surface area contributed by atoms with Crippen LogP contribution < -0.4 is 14.8 Å². The average Bonchev–Trinajstić information content (AvgIpc) is 3.05. The van der Waals surface area contributed by atoms with Crippen molar-refractivity contribution >= 4 is 11.3 Å². The number of hydrogen-bond acceptors (Lipinski definition) is 4. The molecule has 2 aromatic rings. The second-order valence-corrected chi connectivity index (χ2v) is 5.79. The molecule has 1 atom stereocenters. The first-order valence-corrected chi connectivity index (χ1v) is 8.25. The third-order valence-corrected chi connectivity index (χ3v) is 4.27. The molecule has 1 N–H and O–H groups in total. The van der Waals surface area contributed by atoms with Crippen LogP contribution in [0, 0.1) is 0 Å². The molecule has 0 fully saturated rings. The molecule has 0 bridgehead atoms. The summed E-state index contributed by atoms with van der Waals surface area (Å²) in [5, 5.41) is 5.71. The molecular formula is C17H23NO2S. The number of ether oxygens (including phenoxy) is 2. The van der Waals surface area contributed by atoms with Crippen LogP contribution in [-0.2, 0) is 0 Å². The van der Waals surface area contributed by atoms with Crippen molar-refractivity contribution in [1.29, 1.82) is 0 Å². The van der Waals surface area contributed by atoms with Crippen molar-refractivity contribution in [2.24, 2.45) is 0 Å². The van der Waals surface area contributed by atoms with Gasteiger partial charge in [0.15, 0.2) is 11.5 Å². The smallest absolute Gasteiger partial charge is 0.161 e. The molecule has 21 heavy (non-hydrogen) atoms. The van der Waals surface area contributed by atoms with Crippen LogP contribution in [0.5, 0.6) is 11.5 Å². The van der Waals surface area contributed by atoms with E-state index in [-0.39, 0.29) is 0 Å². The SMILES string of the molecule is CCCC(NCCOc1ccccc1OC)c1cccs1. The van der Waals surface area contributed by atoms with Gasteiger partial charge in [-0.3, -0.25) is 0 Å². The van der Waals surface area contributed by atoms with E-state index < -0.39 is 0 Å². The molecule has 1 heterocycles. The summed E-state index contributed by atoms with van der Waals surface area (Å²) in [6.07, 6.45) is 2.32. The van der Waals surface area contributed by atoms with E-state index in [9.17, 15) is 0 Å². The number of methoxy groups -OCH3 is 1. The molecule has 0 saturated carbocycles. The molecule has 1 aromatic carbocycles. The molecule has 2 rings (SSSR count). The predicted molar refractivity (Wildman–Crippen MR) is 88.5 cm³/mol. The zero-order valence-corrected chi connectivity index (χ0v) is 13.5. The summed E-state index contributed by atoms with van der Waals surface area (Å²) in [4.78, 5) is 1.40. The van der Waals surface area contributed by atoms with Crippen LogP contribution in [0.25, 0.3) is 0 Å². The van der Waals surface area contributed by atoms with Crippen molar-refractivity contribution in [1.82, 2.24) is 5.32 Å². The number of thiophene rings is 1. The van der Waals surface area contributed by atoms with Crippen LogP contribution in [0.1, 0.15) is 30.7 Å². The van der Waals surface area contributed by atoms with Crippen LogP contribution in [0.3, 0.4) is 0 Å². The second-order valence-electron chi connectivity index (χ2n) is 4.81. The second kappa shape index (κ2) is 8.70. The van der Waals surface area contributed by atoms with Gasteiger partial charge in [-0.2, -0.15) is 0 Å². The Balaban J connectivity index is 1.80. The van der Waals surface area contributed by atoms with E-state index in [0.717, 1.165) is 24.5 Å². The van der Waals surface area contributed by atoms with Gasteiger partial charge in [-0.1, -0.05) is 31.5 Å². The van der Waals surface area contributed by atoms with E-state index in [1.54, 1.807) is 7.11 Å². The van der Waals surface area contributed by atoms with Gasteiger partial charge in [0.25, 0.3) is 0 Å². The fourth-order valence-corrected chi connectivity index (χ4v) is 3.09. The number of nitrogens with one attached hydrogen (secondary N) is 1. The van der Waals surface area contributed by atoms with Crippen LogP contribution >= 0.6 is 11.3 Å². The van der Waals surface area contributed by atoms with Crippen LogP contribution in [-0.4, -0.2) is 20.3 Å². The standard InChI is InChI=1S/C17H23NO2S/c1-3-7-14(17-10-6-13-21-17)18-11-12-20-16-9-5-4-8-15(16)19-2/h4-6,8-10,13-14,18H,3,7,11-12H2,1-2H3. The summed E-state index contributed by atoms with van der Waals surface area (Å²) < 4.78 is 11.1. The van der Waals surface area contributed by atoms with Gasteiger partial charge in [-0.25, -0.2) is 0 Å². The van der Waals surface area contributed by atoms with Gasteiger partial charge in [0, 0.05) is 17.5 Å². The third-order valence-electron chi connectivity index (χ3n) is 3.28. The molecule has 114 valence electrons. The van der Waals surface area contributed by atoms with Crippen molar-refractivity contribution in [3.8, 4) is 11.5 Å². The highest BCUT2D eigenvalue weighted by Gasteiger charge is 2.10. The Kier molecular flexibility index (Phi) is 6.57. The first-order valence-electron chi connectivity index (χ1n) is 7.37. The first kappa shape index (κ1) is 15.9. The van der Waals surface area contributed by atoms with Gasteiger partial charge in [0.2, 0.25) is 0 Å². The Morgan fingerprint density at radius 2 is 1.95 bits per heavy atom. The third kappa shape index (κ3) is 4.76. The minimum absolute atomic E-state index is 0.427. The van der Waals surface area contributed by atoms with Crippen molar-refractivity contribution in [3.05, 3.63) is 46.7 Å². The van der Waals surface area contributed by atoms with Gasteiger partial charge in [-0.15, -0.1) is 11.3 Å². The normalized spacial score (nSPS) is 12.1. The highest BCUT2D eigenvalue weighted by atomic mass is 32.1. The lowest BCUT2D eigenvalue weighted by atomic mass is 10.1. The Hall–Kier alpha value is -1.52. The maximum atomic E-state index is 5.79. The molecule has 4 heteroatoms. The number of benzene rings is 1. The van der Waals surface area contributed by atoms with E-state index in [2.05, 4.69) is 29.8 Å². The van der Waals surface area contributed by atoms with Crippen molar-refractivity contribution < 1.29 is 9.47 Å². The molecule has 0 aliphatic rings. The van der Waals surface area contributed by atoms with Gasteiger partial charge < -0.3 is 14.8 Å². The number of para-hydroxylation sites is 2. The predicted octanol–water partition coefficient (Wildman–Crippen LogP) is 4.27. The van der Waals surface area contributed by atoms with Crippen molar-refractivity contribution in [2.45, 2.75) is 25.8 Å². The summed E-state index contributed by atoms with van der Waals surface area (Å²) in [6.45, 7) is 3.67. The zero-order chi connectivity index (χ0) is 14.9. The van der Waals surface area contributed by atoms with Crippen molar-refractivity contribution in [2.75, 3.05) is 20.3 Å². The molecule has 1 aromatic heterocycles. The molecule has 0 amide bonds. The lowest BCUT2D eigenvalue weighted by Gasteiger charge is -2.17. The molecule has 1 unspecified atom stereocenters. The lowest BCUT2D eigenvalue weighted by Crippen LogP contribution is -2.25. The van der Waals surface area contributed by atoms with Crippen LogP contribution in [0.2, 0.25) is 0 Å². The summed E-state index contributed by atoms with van der Waals surface area (Å²) in [6, 6.07) is 12.5. The number of rotatable bonds is 9. The van der Waals surface area contributed by atoms with Gasteiger partial charge in [-0.05, 0) is 30.0 Å². The fraction of sp³-hybridized carbons (Fsp3) is 0.412. The van der Waals surface area contributed by atoms with Gasteiger partial charge in [0.05, 0.1) is 7.11 Å². The lowest BCUT2D eigenvalue weighted by molar-refractivity contribution is 0.285. The minimum atomic E-state index is 0.427. The fourth-order valence-electron chi connectivity index (χ4n) is 2.26. The molecular weight excluding hydrogens is 282 g/mol. The minimum Gasteiger partial charge on any atom is -0.493 e. The maximum absolute atomic E-state index is 5.79. The summed E-state index contributed by atoms with van der Waals surface area (Å²) >= 11 is 1.81. The van der Waals surface area contributed by atoms with Gasteiger partial charge >= 0.3 is 0 Å². The molecule has 3 nitrogen and oxygen atoms in total. The summed E-state index contributed by atoms with van der Waals surface area (Å²) in [5.41, 5.74) is 0. The van der Waals surface area contributed by atoms with Crippen LogP contribution in [0.4, 0.5) is 0 Å². The maximum Gasteiger partial charge on any atom is 0.161 e. The summed E-state index contributed by atoms with van der Waals surface area (Å²) in [5.74, 6) is 1.57. The van der Waals surface area contributed by atoms with E-state index in [0.29, 0.717) is 12.6 Å². The highest BCUT2D eigenvalue weighted by molar-refractivity contribution is 7.10. The largest absolute Gasteiger partial charge is 0.493 e. The summed E-state index contributed by atoms with van der Waals surface area (Å²) in [7, 11) is 1.66. The molecule has 0 radical (unpaired) electrons. The highest BCUT2D eigenvalue weighted by Crippen LogP contribution is 2.26. The van der Waals surface area contributed by atoms with E-state index in [4.69, 9.17) is 9.47 Å². The van der Waals surface area contributed by atoms with E-state index >= 15 is 0 Å². The monoisotopic (exact) mass is 305 g/mol. The number of hydrogen-bond donors (Lipinski definition) is 1. The average molecular weight is 305 g/mol. The Morgan fingerprint density at radius 3 is 2.62 bits per heavy atom. The van der Waals surface area contributed by atoms with Crippen LogP contribution in [0.15, 0.2) is 41.8 Å². The van der Waals surface area contributed by atoms with E-state index in [1.807, 2.05) is 35.6 Å². The van der Waals surface area contributed by atoms with E-state index in [1.165, 1.54) is 11.3 Å². The van der Waals surface area contributed by atoms with Crippen molar-refractivity contribution in [3.63, 3.8) is 0 Å². The first-order chi connectivity index (χ1) is 10.3.